The highest BCUT2D eigenvalue weighted by Gasteiger charge is 2.32. The molecule has 138 valence electrons. The Balaban J connectivity index is 1.82. The topological polar surface area (TPSA) is 38.3 Å². The third-order valence-electron chi connectivity index (χ3n) is 4.61. The van der Waals surface area contributed by atoms with Crippen LogP contribution >= 0.6 is 11.3 Å². The van der Waals surface area contributed by atoms with Crippen molar-refractivity contribution >= 4 is 22.9 Å². The maximum Gasteiger partial charge on any atom is 0.225 e. The van der Waals surface area contributed by atoms with Gasteiger partial charge in [-0.15, -0.1) is 11.3 Å². The summed E-state index contributed by atoms with van der Waals surface area (Å²) in [6.07, 6.45) is 0.392. The van der Waals surface area contributed by atoms with E-state index in [1.807, 2.05) is 43.5 Å². The van der Waals surface area contributed by atoms with E-state index in [0.717, 1.165) is 21.8 Å². The first-order valence-electron chi connectivity index (χ1n) is 8.96. The lowest BCUT2D eigenvalue weighted by Gasteiger charge is -2.26. The van der Waals surface area contributed by atoms with Crippen LogP contribution in [0.15, 0.2) is 53.9 Å². The van der Waals surface area contributed by atoms with E-state index in [-0.39, 0.29) is 23.7 Å². The number of amides is 1. The van der Waals surface area contributed by atoms with Gasteiger partial charge in [0.25, 0.3) is 0 Å². The number of hydrogen-bond donors (Lipinski definition) is 1. The Bertz CT molecular complexity index is 995. The first-order chi connectivity index (χ1) is 13.0. The monoisotopic (exact) mass is 381 g/mol. The summed E-state index contributed by atoms with van der Waals surface area (Å²) >= 11 is 1.55. The number of halogens is 1. The molecule has 0 spiro atoms. The zero-order valence-corrected chi connectivity index (χ0v) is 16.0. The van der Waals surface area contributed by atoms with E-state index >= 15 is 0 Å². The van der Waals surface area contributed by atoms with Crippen molar-refractivity contribution in [2.24, 2.45) is 0 Å². The molecule has 0 unspecified atom stereocenters. The second-order valence-corrected chi connectivity index (χ2v) is 7.79. The van der Waals surface area contributed by atoms with Crippen LogP contribution in [-0.4, -0.2) is 12.0 Å². The van der Waals surface area contributed by atoms with Gasteiger partial charge in [-0.25, -0.2) is 4.39 Å². The lowest BCUT2D eigenvalue weighted by atomic mass is 9.88. The minimum atomic E-state index is -0.294. The van der Waals surface area contributed by atoms with Crippen LogP contribution < -0.4 is 10.1 Å². The molecular weight excluding hydrogens is 361 g/mol. The molecule has 1 aromatic heterocycles. The molecule has 0 saturated carbocycles. The molecule has 0 bridgehead atoms. The van der Waals surface area contributed by atoms with Gasteiger partial charge in [0.15, 0.2) is 0 Å². The Labute approximate surface area is 161 Å². The molecule has 3 nitrogen and oxygen atoms in total. The van der Waals surface area contributed by atoms with Crippen LogP contribution in [0.25, 0.3) is 11.1 Å². The summed E-state index contributed by atoms with van der Waals surface area (Å²) in [5, 5.41) is 4.88. The average Bonchev–Trinajstić information content (AvgIpc) is 3.05. The molecule has 3 aromatic rings. The number of thiophene rings is 1. The van der Waals surface area contributed by atoms with E-state index in [2.05, 4.69) is 5.32 Å². The number of hydrogen-bond acceptors (Lipinski definition) is 3. The predicted molar refractivity (Wildman–Crippen MR) is 107 cm³/mol. The van der Waals surface area contributed by atoms with Crippen molar-refractivity contribution < 1.29 is 13.9 Å². The molecule has 27 heavy (non-hydrogen) atoms. The number of benzene rings is 2. The summed E-state index contributed by atoms with van der Waals surface area (Å²) in [4.78, 5) is 13.5. The van der Waals surface area contributed by atoms with Crippen LogP contribution in [0.5, 0.6) is 5.75 Å². The number of carbonyl (C=O) groups is 1. The third kappa shape index (κ3) is 3.35. The number of anilines is 1. The Morgan fingerprint density at radius 3 is 2.63 bits per heavy atom. The summed E-state index contributed by atoms with van der Waals surface area (Å²) in [7, 11) is 0. The van der Waals surface area contributed by atoms with Gasteiger partial charge in [-0.2, -0.15) is 0 Å². The zero-order chi connectivity index (χ0) is 19.0. The molecule has 1 N–H and O–H groups in total. The Morgan fingerprint density at radius 2 is 1.85 bits per heavy atom. The Kier molecular flexibility index (Phi) is 4.70. The smallest absolute Gasteiger partial charge is 0.225 e. The molecule has 1 amide bonds. The second-order valence-electron chi connectivity index (χ2n) is 6.88. The molecule has 4 rings (SSSR count). The van der Waals surface area contributed by atoms with Gasteiger partial charge in [0, 0.05) is 39.3 Å². The van der Waals surface area contributed by atoms with E-state index in [4.69, 9.17) is 4.74 Å². The second kappa shape index (κ2) is 7.16. The van der Waals surface area contributed by atoms with Crippen molar-refractivity contribution in [3.05, 3.63) is 70.2 Å². The van der Waals surface area contributed by atoms with Gasteiger partial charge in [0.1, 0.15) is 11.6 Å². The average molecular weight is 381 g/mol. The molecule has 1 atom stereocenters. The van der Waals surface area contributed by atoms with E-state index < -0.39 is 0 Å². The number of ether oxygens (including phenoxy) is 1. The number of rotatable bonds is 4. The normalized spacial score (nSPS) is 16.1. The molecule has 0 aliphatic carbocycles. The summed E-state index contributed by atoms with van der Waals surface area (Å²) in [6, 6.07) is 14.5. The Hall–Kier alpha value is -2.66. The standard InChI is InChI=1S/C22H20FNO2S/c1-13(2)26-19-10-6-4-8-15(19)16-11-20(25)24-21-17(12-27-22(16)21)14-7-3-5-9-18(14)23/h3-10,12-13,16H,11H2,1-2H3,(H,24,25)/t16-/m1/s1. The maximum atomic E-state index is 14.3. The number of nitrogens with one attached hydrogen (secondary N) is 1. The van der Waals surface area contributed by atoms with E-state index in [1.54, 1.807) is 29.5 Å². The van der Waals surface area contributed by atoms with Gasteiger partial charge in [-0.05, 0) is 26.0 Å². The van der Waals surface area contributed by atoms with Crippen LogP contribution in [0, 0.1) is 5.82 Å². The fourth-order valence-electron chi connectivity index (χ4n) is 3.49. The zero-order valence-electron chi connectivity index (χ0n) is 15.2. The largest absolute Gasteiger partial charge is 0.491 e. The van der Waals surface area contributed by atoms with Crippen LogP contribution in [0.2, 0.25) is 0 Å². The van der Waals surface area contributed by atoms with Gasteiger partial charge < -0.3 is 10.1 Å². The van der Waals surface area contributed by atoms with Crippen molar-refractivity contribution in [1.29, 1.82) is 0 Å². The molecule has 1 aliphatic heterocycles. The third-order valence-corrected chi connectivity index (χ3v) is 5.71. The number of para-hydroxylation sites is 1. The highest BCUT2D eigenvalue weighted by Crippen LogP contribution is 2.48. The van der Waals surface area contributed by atoms with Crippen LogP contribution in [0.3, 0.4) is 0 Å². The van der Waals surface area contributed by atoms with E-state index in [1.165, 1.54) is 6.07 Å². The van der Waals surface area contributed by atoms with Crippen LogP contribution in [0.4, 0.5) is 10.1 Å². The fraction of sp³-hybridized carbons (Fsp3) is 0.227. The first kappa shape index (κ1) is 17.7. The number of carbonyl (C=O) groups excluding carboxylic acids is 1. The van der Waals surface area contributed by atoms with Gasteiger partial charge in [0.2, 0.25) is 5.91 Å². The highest BCUT2D eigenvalue weighted by atomic mass is 32.1. The first-order valence-corrected chi connectivity index (χ1v) is 9.84. The predicted octanol–water partition coefficient (Wildman–Crippen LogP) is 5.82. The molecule has 1 aliphatic rings. The minimum absolute atomic E-state index is 0.0420. The number of fused-ring (bicyclic) bond motifs is 1. The lowest BCUT2D eigenvalue weighted by molar-refractivity contribution is -0.116. The van der Waals surface area contributed by atoms with Crippen molar-refractivity contribution in [2.45, 2.75) is 32.3 Å². The van der Waals surface area contributed by atoms with Crippen LogP contribution in [-0.2, 0) is 4.79 Å². The summed E-state index contributed by atoms with van der Waals surface area (Å²) < 4.78 is 20.3. The molecule has 0 saturated heterocycles. The molecule has 2 heterocycles. The summed E-state index contributed by atoms with van der Waals surface area (Å²) in [5.74, 6) is 0.328. The van der Waals surface area contributed by atoms with Gasteiger partial charge in [-0.1, -0.05) is 36.4 Å². The summed E-state index contributed by atoms with van der Waals surface area (Å²) in [5.41, 5.74) is 2.94. The van der Waals surface area contributed by atoms with Gasteiger partial charge in [-0.3, -0.25) is 4.79 Å². The SMILES string of the molecule is CC(C)Oc1ccccc1[C@H]1CC(=O)Nc2c(-c3ccccc3F)csc21. The summed E-state index contributed by atoms with van der Waals surface area (Å²) in [6.45, 7) is 3.97. The van der Waals surface area contributed by atoms with Crippen LogP contribution in [0.1, 0.15) is 36.6 Å². The van der Waals surface area contributed by atoms with Crippen molar-refractivity contribution in [3.8, 4) is 16.9 Å². The molecular formula is C22H20FNO2S. The molecule has 2 aromatic carbocycles. The molecule has 0 fully saturated rings. The Morgan fingerprint density at radius 1 is 1.11 bits per heavy atom. The van der Waals surface area contributed by atoms with Crippen molar-refractivity contribution in [1.82, 2.24) is 0 Å². The maximum absolute atomic E-state index is 14.3. The molecule has 5 heteroatoms. The fourth-order valence-corrected chi connectivity index (χ4v) is 4.63. The van der Waals surface area contributed by atoms with Gasteiger partial charge in [0.05, 0.1) is 11.8 Å². The van der Waals surface area contributed by atoms with Gasteiger partial charge >= 0.3 is 0 Å². The lowest BCUT2D eigenvalue weighted by Crippen LogP contribution is -2.23. The highest BCUT2D eigenvalue weighted by molar-refractivity contribution is 7.11. The van der Waals surface area contributed by atoms with Crippen molar-refractivity contribution in [3.63, 3.8) is 0 Å². The van der Waals surface area contributed by atoms with E-state index in [9.17, 15) is 9.18 Å². The minimum Gasteiger partial charge on any atom is -0.491 e. The quantitative estimate of drug-likeness (QED) is 0.619. The molecule has 0 radical (unpaired) electrons. The van der Waals surface area contributed by atoms with Crippen molar-refractivity contribution in [2.75, 3.05) is 5.32 Å². The van der Waals surface area contributed by atoms with E-state index in [0.29, 0.717) is 17.7 Å².